The fourth-order valence-electron chi connectivity index (χ4n) is 20.9. The minimum absolute atomic E-state index is 0.0154. The van der Waals surface area contributed by atoms with E-state index in [0.717, 1.165) is 32.1 Å². The summed E-state index contributed by atoms with van der Waals surface area (Å²) in [6.45, 7) is 68.5. The molecule has 0 aliphatic heterocycles. The van der Waals surface area contributed by atoms with Crippen LogP contribution < -0.4 is 0 Å². The van der Waals surface area contributed by atoms with Gasteiger partial charge in [-0.05, 0) is 195 Å². The van der Waals surface area contributed by atoms with Crippen LogP contribution in [0, 0.1) is 142 Å². The Labute approximate surface area is 705 Å². The smallest absolute Gasteiger partial charge is 0.171 e. The predicted octanol–water partition coefficient (Wildman–Crippen LogP) is 38.6. The molecule has 0 aromatic heterocycles. The van der Waals surface area contributed by atoms with Gasteiger partial charge in [0.15, 0.2) is 0 Å². The molecule has 0 N–H and O–H groups in total. The van der Waals surface area contributed by atoms with Gasteiger partial charge in [0.1, 0.15) is 0 Å². The van der Waals surface area contributed by atoms with Crippen LogP contribution in [0.5, 0.6) is 0 Å². The Balaban J connectivity index is -0.000000415. The zero-order valence-electron chi connectivity index (χ0n) is 81.1. The fourth-order valence-corrected chi connectivity index (χ4v) is 20.9. The van der Waals surface area contributed by atoms with Crippen molar-refractivity contribution in [3.63, 3.8) is 0 Å². The highest BCUT2D eigenvalue weighted by molar-refractivity contribution is 5.06. The molecule has 0 saturated heterocycles. The van der Waals surface area contributed by atoms with Gasteiger partial charge in [0.05, 0.1) is 43.3 Å². The van der Waals surface area contributed by atoms with Crippen LogP contribution in [-0.4, -0.2) is 49.4 Å². The minimum atomic E-state index is -4.18. The zero-order valence-corrected chi connectivity index (χ0v) is 81.1. The molecule has 3 rings (SSSR count). The first-order valence-electron chi connectivity index (χ1n) is 44.7. The van der Waals surface area contributed by atoms with Gasteiger partial charge in [-0.2, -0.15) is 105 Å². The van der Waals surface area contributed by atoms with Crippen LogP contribution in [-0.2, 0) is 0 Å². The zero-order chi connectivity index (χ0) is 96.1. The summed E-state index contributed by atoms with van der Waals surface area (Å²) >= 11 is 0. The van der Waals surface area contributed by atoms with Crippen LogP contribution in [0.3, 0.4) is 0 Å². The average molecular weight is 1760 g/mol. The molecule has 4 atom stereocenters. The molecule has 0 aromatic carbocycles. The molecule has 1 unspecified atom stereocenters. The summed E-state index contributed by atoms with van der Waals surface area (Å²) < 4.78 is 314. The van der Waals surface area contributed by atoms with Gasteiger partial charge in [0.25, 0.3) is 0 Å². The van der Waals surface area contributed by atoms with Crippen LogP contribution in [0.2, 0.25) is 0 Å². The van der Waals surface area contributed by atoms with Crippen molar-refractivity contribution >= 4 is 0 Å². The molecule has 0 nitrogen and oxygen atoms in total. The Morgan fingerprint density at radius 2 is 0.475 bits per heavy atom. The van der Waals surface area contributed by atoms with Crippen LogP contribution in [0.4, 0.5) is 105 Å². The van der Waals surface area contributed by atoms with Gasteiger partial charge in [-0.3, -0.25) is 0 Å². The molecule has 0 aromatic rings. The SMILES string of the molecule is CC(C)C(C(C)C)C(C)(C(C(C)C)C(C)C)C(F)(F)F.CC(C)C(C(C)C)[C@](C)(C(C)C)C(F)(F)F.CC1(C(F)(F)F)CCCC1.CC1(C(F)(F)F)CCCCC1.CC1(C)CCC(C)(C(F)(F)F)CC1.CCC(C)(CC)C(C)(C(F)(F)F)C(C)(CC)CC.CCC(C)(CC)[C@](C)(C(C)C)C(F)(F)F.CCC(C)[C@@](C)(C(CC)CC)C(F)(F)F. The van der Waals surface area contributed by atoms with E-state index in [1.807, 2.05) is 159 Å². The lowest BCUT2D eigenvalue weighted by atomic mass is 9.49. The summed E-state index contributed by atoms with van der Waals surface area (Å²) in [7, 11) is 0. The van der Waals surface area contributed by atoms with Crippen molar-refractivity contribution in [3.8, 4) is 0 Å². The Morgan fingerprint density at radius 3 is 0.619 bits per heavy atom. The molecule has 0 heterocycles. The van der Waals surface area contributed by atoms with Gasteiger partial charge < -0.3 is 0 Å². The van der Waals surface area contributed by atoms with Crippen molar-refractivity contribution in [2.75, 3.05) is 0 Å². The quantitative estimate of drug-likeness (QED) is 0.0799. The van der Waals surface area contributed by atoms with E-state index in [2.05, 4.69) is 0 Å². The maximum Gasteiger partial charge on any atom is 0.395 e. The van der Waals surface area contributed by atoms with Crippen molar-refractivity contribution < 1.29 is 105 Å². The summed E-state index contributed by atoms with van der Waals surface area (Å²) in [5, 5.41) is 0. The van der Waals surface area contributed by atoms with Crippen molar-refractivity contribution in [3.05, 3.63) is 0 Å². The second kappa shape index (κ2) is 46.9. The summed E-state index contributed by atoms with van der Waals surface area (Å²) in [5.74, 6) is -2.32. The van der Waals surface area contributed by atoms with Crippen molar-refractivity contribution in [1.29, 1.82) is 0 Å². The Hall–Kier alpha value is -1.68. The molecular formula is C94H174F24. The van der Waals surface area contributed by atoms with E-state index in [1.165, 1.54) is 55.4 Å². The summed E-state index contributed by atoms with van der Waals surface area (Å²) in [6.07, 6.45) is -20.6. The first kappa shape index (κ1) is 125. The van der Waals surface area contributed by atoms with Gasteiger partial charge in [-0.15, -0.1) is 0 Å². The standard InChI is InChI=1S/C17H33F3.C15H29F3.C13H25F3.2C12H23F3.C10H17F3.C8H13F3.C7H11F3/c1-10(2)14(11(3)4)16(9,17(18,19)20)15(12(5)6)13(7)8;1-8-12(5,9-2)14(7,15(16,17)18)13(6,10-3)11-4;1-8(2)11(9(3)4)12(7,10(5)6)13(14,15)16;1-7-10(5,8-2)11(6,9(3)4)12(13,14)15;1-6-9(4)11(5,12(13,14)15)10(7-2)8-3;1-8(2)4-6-9(3,7-5-8)10(11,12)13;1-7(8(9,10)11)5-3-2-4-6-7;1-6(7(8,9)10)4-2-3-5-6/h10-15H,1-9H3;8-11H2,1-7H3;8-11H,1-7H3;9H,7-8H2,1-6H3;9-10H,6-8H2,1-5H3;4-7H2,1-3H3;2-6H2,1H3;2-5H2,1H3/t;;12-;11-;9?,11-;;;/m..000.../s1. The lowest BCUT2D eigenvalue weighted by Gasteiger charge is -2.57. The monoisotopic (exact) mass is 1760 g/mol. The summed E-state index contributed by atoms with van der Waals surface area (Å²) in [4.78, 5) is 0. The van der Waals surface area contributed by atoms with E-state index < -0.39 is 121 Å². The van der Waals surface area contributed by atoms with E-state index in [1.54, 1.807) is 55.4 Å². The second-order valence-corrected chi connectivity index (χ2v) is 41.7. The predicted molar refractivity (Wildman–Crippen MR) is 446 cm³/mol. The summed E-state index contributed by atoms with van der Waals surface area (Å²) in [5.41, 5.74) is -14.2. The second-order valence-electron chi connectivity index (χ2n) is 41.7. The third kappa shape index (κ3) is 30.2. The molecule has 3 aliphatic rings. The first-order valence-corrected chi connectivity index (χ1v) is 44.7. The van der Waals surface area contributed by atoms with E-state index >= 15 is 0 Å². The molecule has 3 saturated carbocycles. The molecule has 0 radical (unpaired) electrons. The molecule has 0 amide bonds. The van der Waals surface area contributed by atoms with Gasteiger partial charge >= 0.3 is 49.4 Å². The highest BCUT2D eigenvalue weighted by Gasteiger charge is 2.68. The lowest BCUT2D eigenvalue weighted by Crippen LogP contribution is -2.57. The number of halogens is 24. The Morgan fingerprint density at radius 1 is 0.246 bits per heavy atom. The number of hydrogen-bond donors (Lipinski definition) is 0. The van der Waals surface area contributed by atoms with Crippen LogP contribution >= 0.6 is 0 Å². The largest absolute Gasteiger partial charge is 0.395 e. The molecule has 0 bridgehead atoms. The first-order chi connectivity index (χ1) is 52.1. The summed E-state index contributed by atoms with van der Waals surface area (Å²) in [6, 6.07) is 0. The van der Waals surface area contributed by atoms with Gasteiger partial charge in [0.2, 0.25) is 0 Å². The number of alkyl halides is 24. The molecule has 24 heteroatoms. The number of rotatable bonds is 25. The maximum absolute atomic E-state index is 14.0. The van der Waals surface area contributed by atoms with E-state index in [4.69, 9.17) is 0 Å². The van der Waals surface area contributed by atoms with Gasteiger partial charge in [-0.25, -0.2) is 0 Å². The average Bonchev–Trinajstić information content (AvgIpc) is 0.748. The van der Waals surface area contributed by atoms with Crippen molar-refractivity contribution in [2.45, 2.75) is 461 Å². The third-order valence-corrected chi connectivity index (χ3v) is 32.0. The lowest BCUT2D eigenvalue weighted by molar-refractivity contribution is -0.301. The normalized spacial score (nSPS) is 19.3. The van der Waals surface area contributed by atoms with Crippen molar-refractivity contribution in [1.82, 2.24) is 0 Å². The highest BCUT2D eigenvalue weighted by Crippen LogP contribution is 2.67. The van der Waals surface area contributed by atoms with Gasteiger partial charge in [0, 0.05) is 0 Å². The van der Waals surface area contributed by atoms with E-state index in [9.17, 15) is 105 Å². The minimum Gasteiger partial charge on any atom is -0.171 e. The molecule has 118 heavy (non-hydrogen) atoms. The fraction of sp³-hybridized carbons (Fsp3) is 1.00. The van der Waals surface area contributed by atoms with Crippen molar-refractivity contribution in [2.24, 2.45) is 142 Å². The molecular weight excluding hydrogens is 1580 g/mol. The molecule has 718 valence electrons. The van der Waals surface area contributed by atoms with E-state index in [0.29, 0.717) is 96.3 Å². The third-order valence-electron chi connectivity index (χ3n) is 32.0. The Bertz CT molecular complexity index is 2590. The molecule has 3 fully saturated rings. The van der Waals surface area contributed by atoms with Crippen LogP contribution in [0.1, 0.15) is 411 Å². The number of hydrogen-bond acceptors (Lipinski definition) is 0. The molecule has 0 spiro atoms. The molecule has 3 aliphatic carbocycles. The van der Waals surface area contributed by atoms with Crippen LogP contribution in [0.15, 0.2) is 0 Å². The van der Waals surface area contributed by atoms with Crippen LogP contribution in [0.25, 0.3) is 0 Å². The van der Waals surface area contributed by atoms with Gasteiger partial charge in [-0.1, -0.05) is 314 Å². The maximum atomic E-state index is 14.0. The topological polar surface area (TPSA) is 0 Å². The highest BCUT2D eigenvalue weighted by atomic mass is 19.4. The van der Waals surface area contributed by atoms with E-state index in [-0.39, 0.29) is 83.4 Å². The Kier molecular flexibility index (Phi) is 49.6.